The highest BCUT2D eigenvalue weighted by Gasteiger charge is 2.30. The third kappa shape index (κ3) is 3.77. The number of hydrogen-bond donors (Lipinski definition) is 1. The van der Waals surface area contributed by atoms with Gasteiger partial charge in [0.15, 0.2) is 0 Å². The molecule has 0 amide bonds. The minimum absolute atomic E-state index is 0.0854. The highest BCUT2D eigenvalue weighted by atomic mass is 16.5. The summed E-state index contributed by atoms with van der Waals surface area (Å²) >= 11 is 0. The van der Waals surface area contributed by atoms with Crippen LogP contribution in [0.1, 0.15) is 35.3 Å². The molecule has 0 radical (unpaired) electrons. The first-order chi connectivity index (χ1) is 12.3. The van der Waals surface area contributed by atoms with Crippen LogP contribution in [0.4, 0.5) is 5.69 Å². The Bertz CT molecular complexity index is 730. The molecular weight excluding hydrogens is 318 g/mol. The summed E-state index contributed by atoms with van der Waals surface area (Å²) in [5, 5.41) is 3.41. The Balaban J connectivity index is 0.000000880. The fourth-order valence-electron chi connectivity index (χ4n) is 2.88. The Morgan fingerprint density at radius 1 is 1.12 bits per heavy atom. The van der Waals surface area contributed by atoms with Gasteiger partial charge in [0, 0.05) is 5.56 Å². The van der Waals surface area contributed by atoms with E-state index in [4.69, 9.17) is 14.2 Å². The zero-order valence-corrected chi connectivity index (χ0v) is 14.6. The van der Waals surface area contributed by atoms with Crippen LogP contribution in [0, 0.1) is 0 Å². The van der Waals surface area contributed by atoms with Gasteiger partial charge in [-0.2, -0.15) is 0 Å². The van der Waals surface area contributed by atoms with E-state index in [0.717, 1.165) is 22.6 Å². The van der Waals surface area contributed by atoms with Crippen LogP contribution in [0.5, 0.6) is 5.75 Å². The van der Waals surface area contributed by atoms with E-state index in [1.165, 1.54) is 0 Å². The number of nitrogens with one attached hydrogen (secondary N) is 1. The van der Waals surface area contributed by atoms with Gasteiger partial charge in [-0.15, -0.1) is 0 Å². The number of fused-ring (bicyclic) bond motifs is 3. The molecule has 25 heavy (non-hydrogen) atoms. The lowest BCUT2D eigenvalue weighted by atomic mass is 10.1. The predicted molar refractivity (Wildman–Crippen MR) is 95.9 cm³/mol. The number of rotatable bonds is 4. The van der Waals surface area contributed by atoms with Gasteiger partial charge in [-0.3, -0.25) is 0 Å². The molecule has 2 aromatic carbocycles. The van der Waals surface area contributed by atoms with Crippen LogP contribution >= 0.6 is 0 Å². The summed E-state index contributed by atoms with van der Waals surface area (Å²) < 4.78 is 16.7. The molecule has 0 aromatic heterocycles. The number of ether oxygens (including phenoxy) is 3. The molecule has 4 rings (SSSR count). The molecule has 0 bridgehead atoms. The summed E-state index contributed by atoms with van der Waals surface area (Å²) in [6.07, 6.45) is 0. The van der Waals surface area contributed by atoms with Crippen molar-refractivity contribution in [2.45, 2.75) is 33.1 Å². The van der Waals surface area contributed by atoms with E-state index in [0.29, 0.717) is 25.4 Å². The van der Waals surface area contributed by atoms with Gasteiger partial charge in [-0.05, 0) is 17.7 Å². The normalized spacial score (nSPS) is 17.2. The standard InChI is InChI=1S/C18H17NO4.C2H6/c20-18-14-6-7-16-17(15(14)11-23-18)22-10-13(19-16)9-21-8-12-4-2-1-3-5-12;1-2/h1-7,13,19H,8-11H2;1-2H3. The second-order valence-electron chi connectivity index (χ2n) is 5.70. The lowest BCUT2D eigenvalue weighted by Crippen LogP contribution is -2.35. The van der Waals surface area contributed by atoms with Crippen molar-refractivity contribution in [1.82, 2.24) is 0 Å². The minimum atomic E-state index is -0.278. The second-order valence-corrected chi connectivity index (χ2v) is 5.70. The molecular formula is C20H23NO4. The van der Waals surface area contributed by atoms with E-state index >= 15 is 0 Å². The molecule has 5 heteroatoms. The van der Waals surface area contributed by atoms with Crippen LogP contribution in [0.15, 0.2) is 42.5 Å². The third-order valence-corrected chi connectivity index (χ3v) is 4.05. The molecule has 2 heterocycles. The molecule has 1 unspecified atom stereocenters. The first-order valence-corrected chi connectivity index (χ1v) is 8.65. The molecule has 2 aliphatic heterocycles. The van der Waals surface area contributed by atoms with E-state index in [1.54, 1.807) is 6.07 Å². The summed E-state index contributed by atoms with van der Waals surface area (Å²) in [5.41, 5.74) is 3.48. The fraction of sp³-hybridized carbons (Fsp3) is 0.350. The first kappa shape index (κ1) is 17.3. The number of carbonyl (C=O) groups excluding carboxylic acids is 1. The fourth-order valence-corrected chi connectivity index (χ4v) is 2.88. The Morgan fingerprint density at radius 2 is 1.92 bits per heavy atom. The lowest BCUT2D eigenvalue weighted by molar-refractivity contribution is 0.0533. The van der Waals surface area contributed by atoms with Gasteiger partial charge in [0.2, 0.25) is 0 Å². The number of anilines is 1. The van der Waals surface area contributed by atoms with Crippen LogP contribution in [0.25, 0.3) is 0 Å². The SMILES string of the molecule is CC.O=C1OCc2c1ccc1c2OCC(COCc2ccccc2)N1. The molecule has 2 aromatic rings. The molecule has 5 nitrogen and oxygen atoms in total. The molecule has 1 atom stereocenters. The van der Waals surface area contributed by atoms with Crippen molar-refractivity contribution in [2.75, 3.05) is 18.5 Å². The molecule has 0 saturated carbocycles. The Kier molecular flexibility index (Phi) is 5.56. The Labute approximate surface area is 147 Å². The summed E-state index contributed by atoms with van der Waals surface area (Å²) in [5.74, 6) is 0.451. The van der Waals surface area contributed by atoms with Gasteiger partial charge in [0.05, 0.1) is 30.5 Å². The summed E-state index contributed by atoms with van der Waals surface area (Å²) in [7, 11) is 0. The monoisotopic (exact) mass is 341 g/mol. The Hall–Kier alpha value is -2.53. The van der Waals surface area contributed by atoms with Crippen molar-refractivity contribution in [3.63, 3.8) is 0 Å². The van der Waals surface area contributed by atoms with Crippen molar-refractivity contribution in [1.29, 1.82) is 0 Å². The quantitative estimate of drug-likeness (QED) is 0.858. The molecule has 0 spiro atoms. The number of carbonyl (C=O) groups is 1. The number of benzene rings is 2. The van der Waals surface area contributed by atoms with Gasteiger partial charge in [-0.1, -0.05) is 44.2 Å². The van der Waals surface area contributed by atoms with E-state index in [-0.39, 0.29) is 18.6 Å². The third-order valence-electron chi connectivity index (χ3n) is 4.05. The molecule has 0 aliphatic carbocycles. The molecule has 0 saturated heterocycles. The summed E-state index contributed by atoms with van der Waals surface area (Å²) in [6, 6.07) is 13.8. The van der Waals surface area contributed by atoms with Crippen LogP contribution in [-0.2, 0) is 22.7 Å². The van der Waals surface area contributed by atoms with Crippen LogP contribution in [0.3, 0.4) is 0 Å². The topological polar surface area (TPSA) is 56.8 Å². The average molecular weight is 341 g/mol. The summed E-state index contributed by atoms with van der Waals surface area (Å²) in [4.78, 5) is 11.6. The van der Waals surface area contributed by atoms with Gasteiger partial charge in [0.1, 0.15) is 19.0 Å². The lowest BCUT2D eigenvalue weighted by Gasteiger charge is -2.28. The van der Waals surface area contributed by atoms with E-state index in [9.17, 15) is 4.79 Å². The van der Waals surface area contributed by atoms with Crippen molar-refractivity contribution in [2.24, 2.45) is 0 Å². The van der Waals surface area contributed by atoms with E-state index in [1.807, 2.05) is 50.2 Å². The average Bonchev–Trinajstić information content (AvgIpc) is 3.05. The van der Waals surface area contributed by atoms with Gasteiger partial charge >= 0.3 is 5.97 Å². The minimum Gasteiger partial charge on any atom is -0.489 e. The van der Waals surface area contributed by atoms with E-state index < -0.39 is 0 Å². The van der Waals surface area contributed by atoms with Crippen molar-refractivity contribution in [3.05, 3.63) is 59.2 Å². The van der Waals surface area contributed by atoms with Gasteiger partial charge in [-0.25, -0.2) is 4.79 Å². The zero-order chi connectivity index (χ0) is 17.6. The van der Waals surface area contributed by atoms with Crippen LogP contribution in [0.2, 0.25) is 0 Å². The molecule has 132 valence electrons. The van der Waals surface area contributed by atoms with Crippen molar-refractivity contribution < 1.29 is 19.0 Å². The molecule has 0 fully saturated rings. The van der Waals surface area contributed by atoms with Crippen molar-refractivity contribution >= 4 is 11.7 Å². The number of hydrogen-bond acceptors (Lipinski definition) is 5. The Morgan fingerprint density at radius 3 is 2.72 bits per heavy atom. The smallest absolute Gasteiger partial charge is 0.339 e. The van der Waals surface area contributed by atoms with E-state index in [2.05, 4.69) is 5.32 Å². The largest absolute Gasteiger partial charge is 0.489 e. The highest BCUT2D eigenvalue weighted by Crippen LogP contribution is 2.38. The van der Waals surface area contributed by atoms with Gasteiger partial charge in [0.25, 0.3) is 0 Å². The maximum atomic E-state index is 11.6. The number of cyclic esters (lactones) is 1. The van der Waals surface area contributed by atoms with Crippen LogP contribution in [-0.4, -0.2) is 25.2 Å². The summed E-state index contributed by atoms with van der Waals surface area (Å²) in [6.45, 7) is 5.93. The first-order valence-electron chi connectivity index (χ1n) is 8.65. The maximum Gasteiger partial charge on any atom is 0.339 e. The zero-order valence-electron chi connectivity index (χ0n) is 14.6. The maximum absolute atomic E-state index is 11.6. The number of esters is 1. The van der Waals surface area contributed by atoms with Crippen LogP contribution < -0.4 is 10.1 Å². The molecule has 2 aliphatic rings. The van der Waals surface area contributed by atoms with Crippen molar-refractivity contribution in [3.8, 4) is 5.75 Å². The van der Waals surface area contributed by atoms with Gasteiger partial charge < -0.3 is 19.5 Å². The highest BCUT2D eigenvalue weighted by molar-refractivity contribution is 5.95. The molecule has 1 N–H and O–H groups in total. The second kappa shape index (κ2) is 8.03. The predicted octanol–water partition coefficient (Wildman–Crippen LogP) is 3.77.